The normalized spacial score (nSPS) is 17.9. The molecule has 0 spiro atoms. The second-order valence-electron chi connectivity index (χ2n) is 3.37. The molecule has 0 aliphatic carbocycles. The number of alkyl halides is 8. The van der Waals surface area contributed by atoms with Gasteiger partial charge in [-0.3, -0.25) is 4.74 Å². The number of ether oxygens (including phenoxy) is 1. The van der Waals surface area contributed by atoms with Gasteiger partial charge in [0.15, 0.2) is 0 Å². The fourth-order valence-electron chi connectivity index (χ4n) is 0.884. The molecule has 0 radical (unpaired) electrons. The Labute approximate surface area is 110 Å². The Bertz CT molecular complexity index is 423. The van der Waals surface area contributed by atoms with Gasteiger partial charge in [0.2, 0.25) is 12.2 Å². The molecule has 0 amide bonds. The molecule has 0 heterocycles. The van der Waals surface area contributed by atoms with Crippen molar-refractivity contribution >= 4 is 12.2 Å². The van der Waals surface area contributed by atoms with Gasteiger partial charge in [0, 0.05) is 0 Å². The largest absolute Gasteiger partial charge is 0.450 e. The van der Waals surface area contributed by atoms with Crippen LogP contribution in [0.2, 0.25) is 0 Å². The van der Waals surface area contributed by atoms with Gasteiger partial charge in [0.1, 0.15) is 13.1 Å². The Balaban J connectivity index is 5.72. The SMILES string of the molecule is O=C=NCC(F)(OC(F)(CN=C=O)C(F)(F)F)C(F)(F)F. The van der Waals surface area contributed by atoms with Crippen molar-refractivity contribution < 1.29 is 49.4 Å². The first-order valence-electron chi connectivity index (χ1n) is 4.62. The fraction of sp³-hybridized carbons (Fsp3) is 0.750. The predicted octanol–water partition coefficient (Wildman–Crippen LogP) is 2.13. The van der Waals surface area contributed by atoms with Gasteiger partial charge >= 0.3 is 24.1 Å². The van der Waals surface area contributed by atoms with Crippen LogP contribution >= 0.6 is 0 Å². The van der Waals surface area contributed by atoms with E-state index >= 15 is 0 Å². The molecule has 0 fully saturated rings. The van der Waals surface area contributed by atoms with Crippen molar-refractivity contribution in [3.05, 3.63) is 0 Å². The first-order chi connectivity index (χ1) is 9.33. The van der Waals surface area contributed by atoms with Crippen molar-refractivity contribution in [1.29, 1.82) is 0 Å². The van der Waals surface area contributed by atoms with E-state index in [4.69, 9.17) is 0 Å². The van der Waals surface area contributed by atoms with Gasteiger partial charge in [-0.15, -0.1) is 0 Å². The molecule has 0 aliphatic heterocycles. The number of hydrogen-bond acceptors (Lipinski definition) is 5. The number of isocyanates is 2. The van der Waals surface area contributed by atoms with Gasteiger partial charge in [0.05, 0.1) is 0 Å². The van der Waals surface area contributed by atoms with Crippen molar-refractivity contribution in [3.8, 4) is 0 Å². The Kier molecular flexibility index (Phi) is 5.74. The van der Waals surface area contributed by atoms with Gasteiger partial charge in [0.25, 0.3) is 0 Å². The quantitative estimate of drug-likeness (QED) is 0.426. The van der Waals surface area contributed by atoms with Crippen LogP contribution in [0.4, 0.5) is 35.1 Å². The lowest BCUT2D eigenvalue weighted by atomic mass is 10.2. The average molecular weight is 328 g/mol. The van der Waals surface area contributed by atoms with E-state index in [1.807, 2.05) is 0 Å². The first-order valence-corrected chi connectivity index (χ1v) is 4.62. The smallest absolute Gasteiger partial charge is 0.291 e. The zero-order valence-corrected chi connectivity index (χ0v) is 9.56. The summed E-state index contributed by atoms with van der Waals surface area (Å²) in [5.41, 5.74) is 0. The lowest BCUT2D eigenvalue weighted by Crippen LogP contribution is -2.57. The first kappa shape index (κ1) is 19.2. The van der Waals surface area contributed by atoms with Crippen LogP contribution in [0, 0.1) is 0 Å². The van der Waals surface area contributed by atoms with Crippen LogP contribution in [0.5, 0.6) is 0 Å². The van der Waals surface area contributed by atoms with E-state index in [2.05, 4.69) is 14.7 Å². The predicted molar refractivity (Wildman–Crippen MR) is 46.8 cm³/mol. The molecule has 0 aromatic rings. The summed E-state index contributed by atoms with van der Waals surface area (Å²) >= 11 is 0. The molecule has 21 heavy (non-hydrogen) atoms. The Morgan fingerprint density at radius 3 is 1.19 bits per heavy atom. The van der Waals surface area contributed by atoms with Crippen LogP contribution in [0.1, 0.15) is 0 Å². The van der Waals surface area contributed by atoms with E-state index in [-0.39, 0.29) is 0 Å². The number of hydrogen-bond donors (Lipinski definition) is 0. The molecule has 0 saturated heterocycles. The summed E-state index contributed by atoms with van der Waals surface area (Å²) in [7, 11) is 0. The van der Waals surface area contributed by atoms with Crippen molar-refractivity contribution in [2.24, 2.45) is 9.98 Å². The van der Waals surface area contributed by atoms with Crippen LogP contribution in [0.15, 0.2) is 9.98 Å². The van der Waals surface area contributed by atoms with Crippen LogP contribution in [0.25, 0.3) is 0 Å². The maximum absolute atomic E-state index is 13.4. The van der Waals surface area contributed by atoms with Gasteiger partial charge in [-0.1, -0.05) is 0 Å². The third-order valence-corrected chi connectivity index (χ3v) is 1.86. The van der Waals surface area contributed by atoms with Crippen molar-refractivity contribution in [3.63, 3.8) is 0 Å². The van der Waals surface area contributed by atoms with Gasteiger partial charge in [-0.05, 0) is 0 Å². The van der Waals surface area contributed by atoms with E-state index in [0.717, 1.165) is 0 Å². The number of aliphatic imine (C=N–C) groups is 2. The maximum Gasteiger partial charge on any atom is 0.450 e. The summed E-state index contributed by atoms with van der Waals surface area (Å²) in [6, 6.07) is 0. The molecule has 13 heteroatoms. The third kappa shape index (κ3) is 4.59. The van der Waals surface area contributed by atoms with Crippen molar-refractivity contribution in [2.45, 2.75) is 24.1 Å². The minimum Gasteiger partial charge on any atom is -0.291 e. The Morgan fingerprint density at radius 1 is 0.714 bits per heavy atom. The highest BCUT2D eigenvalue weighted by Crippen LogP contribution is 2.44. The molecule has 2 unspecified atom stereocenters. The monoisotopic (exact) mass is 328 g/mol. The summed E-state index contributed by atoms with van der Waals surface area (Å²) in [5, 5.41) is 0. The van der Waals surface area contributed by atoms with Crippen LogP contribution in [0.3, 0.4) is 0 Å². The van der Waals surface area contributed by atoms with E-state index in [1.165, 1.54) is 0 Å². The number of carbonyl (C=O) groups excluding carboxylic acids is 2. The van der Waals surface area contributed by atoms with Gasteiger partial charge in [-0.25, -0.2) is 9.59 Å². The average Bonchev–Trinajstić information content (AvgIpc) is 2.31. The molecule has 0 aromatic carbocycles. The molecule has 0 rings (SSSR count). The second kappa shape index (κ2) is 6.29. The molecule has 0 N–H and O–H groups in total. The zero-order chi connectivity index (χ0) is 16.9. The minimum absolute atomic E-state index is 0.429. The summed E-state index contributed by atoms with van der Waals surface area (Å²) in [5.74, 6) is -10.6. The summed E-state index contributed by atoms with van der Waals surface area (Å²) in [4.78, 5) is 23.5. The van der Waals surface area contributed by atoms with Gasteiger partial charge < -0.3 is 0 Å². The van der Waals surface area contributed by atoms with Crippen LogP contribution < -0.4 is 0 Å². The number of rotatable bonds is 6. The molecule has 120 valence electrons. The summed E-state index contributed by atoms with van der Waals surface area (Å²) < 4.78 is 104. The maximum atomic E-state index is 13.4. The highest BCUT2D eigenvalue weighted by molar-refractivity contribution is 5.33. The molecule has 2 atom stereocenters. The minimum atomic E-state index is -6.17. The van der Waals surface area contributed by atoms with Crippen molar-refractivity contribution in [2.75, 3.05) is 13.1 Å². The third-order valence-electron chi connectivity index (χ3n) is 1.86. The highest BCUT2D eigenvalue weighted by atomic mass is 19.4. The number of halogens is 8. The van der Waals surface area contributed by atoms with E-state index in [0.29, 0.717) is 12.2 Å². The van der Waals surface area contributed by atoms with E-state index in [9.17, 15) is 44.7 Å². The topological polar surface area (TPSA) is 68.1 Å². The van der Waals surface area contributed by atoms with E-state index in [1.54, 1.807) is 0 Å². The molecule has 0 aliphatic rings. The van der Waals surface area contributed by atoms with E-state index < -0.39 is 37.2 Å². The molecule has 0 aromatic heterocycles. The number of nitrogens with zero attached hydrogens (tertiary/aromatic N) is 2. The Hall–Kier alpha value is -1.84. The van der Waals surface area contributed by atoms with Crippen LogP contribution in [-0.2, 0) is 14.3 Å². The summed E-state index contributed by atoms with van der Waals surface area (Å²) in [6.45, 7) is -4.65. The zero-order valence-electron chi connectivity index (χ0n) is 9.56. The lowest BCUT2D eigenvalue weighted by Gasteiger charge is -2.34. The van der Waals surface area contributed by atoms with Crippen molar-refractivity contribution in [1.82, 2.24) is 0 Å². The Morgan fingerprint density at radius 2 is 1.00 bits per heavy atom. The fourth-order valence-corrected chi connectivity index (χ4v) is 0.884. The standard InChI is InChI=1S/C8H4F8N2O3/c9-5(1-17-3-19,7(11,12)13)21-6(10,2-18-4-20)8(14,15)16/h1-2H2. The molecular weight excluding hydrogens is 324 g/mol. The van der Waals surface area contributed by atoms with Gasteiger partial charge in [-0.2, -0.15) is 45.1 Å². The van der Waals surface area contributed by atoms with Crippen LogP contribution in [-0.4, -0.2) is 49.3 Å². The lowest BCUT2D eigenvalue weighted by molar-refractivity contribution is -0.426. The summed E-state index contributed by atoms with van der Waals surface area (Å²) in [6.07, 6.45) is -11.5. The second-order valence-corrected chi connectivity index (χ2v) is 3.37. The molecular formula is C8H4F8N2O3. The highest BCUT2D eigenvalue weighted by Gasteiger charge is 2.68. The molecule has 0 bridgehead atoms. The molecule has 5 nitrogen and oxygen atoms in total. The molecule has 0 saturated carbocycles.